The molecule has 2 heterocycles. The molecule has 0 aliphatic carbocycles. The van der Waals surface area contributed by atoms with E-state index in [-0.39, 0.29) is 12.3 Å². The van der Waals surface area contributed by atoms with Crippen LogP contribution in [0.4, 0.5) is 5.69 Å². The number of ether oxygens (including phenoxy) is 2. The Labute approximate surface area is 183 Å². The van der Waals surface area contributed by atoms with E-state index in [1.54, 1.807) is 20.3 Å². The zero-order valence-corrected chi connectivity index (χ0v) is 18.3. The molecule has 0 fully saturated rings. The molecule has 1 amide bonds. The van der Waals surface area contributed by atoms with Gasteiger partial charge in [0, 0.05) is 33.5 Å². The van der Waals surface area contributed by atoms with Gasteiger partial charge in [0.15, 0.2) is 16.5 Å². The molecular weight excluding hydrogens is 422 g/mol. The van der Waals surface area contributed by atoms with Crippen LogP contribution in [0.3, 0.4) is 0 Å². The van der Waals surface area contributed by atoms with Gasteiger partial charge < -0.3 is 14.8 Å². The number of hydrogen-bond acceptors (Lipinski definition) is 5. The SMILES string of the molecule is COc1ccc(-c2cn3c(CC(=O)Nc4cccc(Cl)c4C)csc3n2)cc1OC. The van der Waals surface area contributed by atoms with Gasteiger partial charge in [-0.3, -0.25) is 9.20 Å². The number of fused-ring (bicyclic) bond motifs is 1. The van der Waals surface area contributed by atoms with Crippen molar-refractivity contribution >= 4 is 39.5 Å². The van der Waals surface area contributed by atoms with Crippen molar-refractivity contribution in [2.24, 2.45) is 0 Å². The summed E-state index contributed by atoms with van der Waals surface area (Å²) in [6.45, 7) is 1.88. The molecule has 6 nitrogen and oxygen atoms in total. The number of carbonyl (C=O) groups is 1. The predicted octanol–water partition coefficient (Wildman–Crippen LogP) is 5.22. The van der Waals surface area contributed by atoms with Gasteiger partial charge in [-0.15, -0.1) is 11.3 Å². The Kier molecular flexibility index (Phi) is 5.65. The van der Waals surface area contributed by atoms with E-state index in [4.69, 9.17) is 21.1 Å². The van der Waals surface area contributed by atoms with Crippen LogP contribution in [-0.4, -0.2) is 29.5 Å². The topological polar surface area (TPSA) is 64.9 Å². The van der Waals surface area contributed by atoms with E-state index in [1.165, 1.54) is 11.3 Å². The molecular formula is C22H20ClN3O3S. The maximum absolute atomic E-state index is 12.6. The van der Waals surface area contributed by atoms with E-state index in [2.05, 4.69) is 10.3 Å². The van der Waals surface area contributed by atoms with Crippen LogP contribution in [0.5, 0.6) is 11.5 Å². The zero-order chi connectivity index (χ0) is 21.3. The first-order valence-electron chi connectivity index (χ1n) is 9.23. The van der Waals surface area contributed by atoms with Crippen molar-refractivity contribution in [3.63, 3.8) is 0 Å². The number of anilines is 1. The quantitative estimate of drug-likeness (QED) is 0.445. The third-order valence-electron chi connectivity index (χ3n) is 4.85. The maximum atomic E-state index is 12.6. The standard InChI is InChI=1S/C22H20ClN3O3S/c1-13-16(23)5-4-6-17(13)24-21(27)10-15-12-30-22-25-18(11-26(15)22)14-7-8-19(28-2)20(9-14)29-3/h4-9,11-12H,10H2,1-3H3,(H,24,27). The highest BCUT2D eigenvalue weighted by molar-refractivity contribution is 7.15. The van der Waals surface area contributed by atoms with Crippen LogP contribution in [-0.2, 0) is 11.2 Å². The molecule has 0 spiro atoms. The normalized spacial score (nSPS) is 10.9. The number of thiazole rings is 1. The third-order valence-corrected chi connectivity index (χ3v) is 6.14. The van der Waals surface area contributed by atoms with Gasteiger partial charge in [-0.25, -0.2) is 4.98 Å². The first kappa shape index (κ1) is 20.3. The molecule has 4 aromatic rings. The van der Waals surface area contributed by atoms with E-state index in [9.17, 15) is 4.79 Å². The Balaban J connectivity index is 1.57. The highest BCUT2D eigenvalue weighted by Gasteiger charge is 2.15. The Morgan fingerprint density at radius 1 is 1.20 bits per heavy atom. The van der Waals surface area contributed by atoms with Crippen LogP contribution in [0.2, 0.25) is 5.02 Å². The minimum atomic E-state index is -0.110. The van der Waals surface area contributed by atoms with E-state index in [1.807, 2.05) is 53.2 Å². The van der Waals surface area contributed by atoms with Crippen molar-refractivity contribution in [2.75, 3.05) is 19.5 Å². The lowest BCUT2D eigenvalue weighted by Crippen LogP contribution is -2.16. The molecule has 0 atom stereocenters. The summed E-state index contributed by atoms with van der Waals surface area (Å²) in [4.78, 5) is 18.1. The van der Waals surface area contributed by atoms with Crippen LogP contribution in [0, 0.1) is 6.92 Å². The van der Waals surface area contributed by atoms with Gasteiger partial charge in [0.2, 0.25) is 5.91 Å². The molecule has 1 N–H and O–H groups in total. The summed E-state index contributed by atoms with van der Waals surface area (Å²) in [6, 6.07) is 11.1. The molecule has 0 unspecified atom stereocenters. The summed E-state index contributed by atoms with van der Waals surface area (Å²) < 4.78 is 12.6. The Hall–Kier alpha value is -3.03. The predicted molar refractivity (Wildman–Crippen MR) is 120 cm³/mol. The van der Waals surface area contributed by atoms with Gasteiger partial charge in [-0.2, -0.15) is 0 Å². The Morgan fingerprint density at radius 2 is 2.00 bits per heavy atom. The molecule has 2 aromatic heterocycles. The van der Waals surface area contributed by atoms with Crippen LogP contribution in [0.25, 0.3) is 16.2 Å². The smallest absolute Gasteiger partial charge is 0.230 e. The highest BCUT2D eigenvalue weighted by atomic mass is 35.5. The minimum Gasteiger partial charge on any atom is -0.493 e. The summed E-state index contributed by atoms with van der Waals surface area (Å²) in [5.74, 6) is 1.19. The Bertz CT molecular complexity index is 1230. The summed E-state index contributed by atoms with van der Waals surface area (Å²) in [5.41, 5.74) is 4.15. The van der Waals surface area contributed by atoms with Crippen LogP contribution in [0.1, 0.15) is 11.3 Å². The second-order valence-electron chi connectivity index (χ2n) is 6.71. The largest absolute Gasteiger partial charge is 0.493 e. The highest BCUT2D eigenvalue weighted by Crippen LogP contribution is 2.33. The summed E-state index contributed by atoms with van der Waals surface area (Å²) in [6.07, 6.45) is 2.16. The van der Waals surface area contributed by atoms with Gasteiger partial charge in [0.05, 0.1) is 26.3 Å². The van der Waals surface area contributed by atoms with Crippen LogP contribution >= 0.6 is 22.9 Å². The number of carbonyl (C=O) groups excluding carboxylic acids is 1. The number of nitrogens with one attached hydrogen (secondary N) is 1. The molecule has 0 saturated heterocycles. The number of halogens is 1. The van der Waals surface area contributed by atoms with Crippen molar-refractivity contribution in [3.05, 3.63) is 64.3 Å². The summed E-state index contributed by atoms with van der Waals surface area (Å²) in [7, 11) is 3.21. The molecule has 0 aliphatic heterocycles. The molecule has 4 rings (SSSR count). The number of hydrogen-bond donors (Lipinski definition) is 1. The molecule has 154 valence electrons. The molecule has 0 bridgehead atoms. The number of imidazole rings is 1. The van der Waals surface area contributed by atoms with Gasteiger partial charge >= 0.3 is 0 Å². The van der Waals surface area contributed by atoms with Crippen LogP contribution < -0.4 is 14.8 Å². The third kappa shape index (κ3) is 3.86. The van der Waals surface area contributed by atoms with Crippen molar-refractivity contribution in [2.45, 2.75) is 13.3 Å². The second kappa shape index (κ2) is 8.38. The Morgan fingerprint density at radius 3 is 2.77 bits per heavy atom. The van der Waals surface area contributed by atoms with Gasteiger partial charge in [0.25, 0.3) is 0 Å². The average molecular weight is 442 g/mol. The fraction of sp³-hybridized carbons (Fsp3) is 0.182. The summed E-state index contributed by atoms with van der Waals surface area (Å²) >= 11 is 7.64. The molecule has 30 heavy (non-hydrogen) atoms. The lowest BCUT2D eigenvalue weighted by Gasteiger charge is -2.09. The van der Waals surface area contributed by atoms with E-state index < -0.39 is 0 Å². The molecule has 0 saturated carbocycles. The number of amides is 1. The fourth-order valence-corrected chi connectivity index (χ4v) is 4.24. The molecule has 0 radical (unpaired) electrons. The van der Waals surface area contributed by atoms with Gasteiger partial charge in [-0.1, -0.05) is 17.7 Å². The summed E-state index contributed by atoms with van der Waals surface area (Å²) in [5, 5.41) is 5.51. The monoisotopic (exact) mass is 441 g/mol. The van der Waals surface area contributed by atoms with Gasteiger partial charge in [-0.05, 0) is 42.8 Å². The zero-order valence-electron chi connectivity index (χ0n) is 16.7. The second-order valence-corrected chi connectivity index (χ2v) is 7.96. The number of nitrogens with zero attached hydrogens (tertiary/aromatic N) is 2. The van der Waals surface area contributed by atoms with Crippen molar-refractivity contribution in [3.8, 4) is 22.8 Å². The lowest BCUT2D eigenvalue weighted by molar-refractivity contribution is -0.115. The van der Waals surface area contributed by atoms with Crippen molar-refractivity contribution in [1.82, 2.24) is 9.38 Å². The molecule has 8 heteroatoms. The van der Waals surface area contributed by atoms with Crippen molar-refractivity contribution < 1.29 is 14.3 Å². The maximum Gasteiger partial charge on any atom is 0.230 e. The van der Waals surface area contributed by atoms with Crippen LogP contribution in [0.15, 0.2) is 48.0 Å². The van der Waals surface area contributed by atoms with E-state index in [0.29, 0.717) is 16.5 Å². The fourth-order valence-electron chi connectivity index (χ4n) is 3.19. The minimum absolute atomic E-state index is 0.110. The molecule has 2 aromatic carbocycles. The molecule has 0 aliphatic rings. The van der Waals surface area contributed by atoms with E-state index in [0.717, 1.165) is 33.2 Å². The number of rotatable bonds is 6. The first-order valence-corrected chi connectivity index (χ1v) is 10.5. The first-order chi connectivity index (χ1) is 14.5. The average Bonchev–Trinajstić information content (AvgIpc) is 3.33. The van der Waals surface area contributed by atoms with Gasteiger partial charge in [0.1, 0.15) is 0 Å². The van der Waals surface area contributed by atoms with E-state index >= 15 is 0 Å². The van der Waals surface area contributed by atoms with Crippen molar-refractivity contribution in [1.29, 1.82) is 0 Å². The lowest BCUT2D eigenvalue weighted by atomic mass is 10.1. The number of benzene rings is 2. The number of methoxy groups -OCH3 is 2. The number of aromatic nitrogens is 2.